The highest BCUT2D eigenvalue weighted by atomic mass is 15.1. The Morgan fingerprint density at radius 3 is 1.70 bits per heavy atom. The molecule has 0 bridgehead atoms. The van der Waals surface area contributed by atoms with Crippen LogP contribution in [0.5, 0.6) is 0 Å². The molecule has 0 fully saturated rings. The van der Waals surface area contributed by atoms with Crippen molar-refractivity contribution in [2.24, 2.45) is 0 Å². The van der Waals surface area contributed by atoms with E-state index < -0.39 is 0 Å². The molecule has 3 heteroatoms. The Labute approximate surface area is 383 Å². The van der Waals surface area contributed by atoms with E-state index in [4.69, 9.17) is 0 Å². The summed E-state index contributed by atoms with van der Waals surface area (Å²) in [7, 11) is 0. The standard InChI is InChI=1S/C63H43N3/c1-63(2)54-38-42(46-22-13-24-51-52-25-14-23-50-49-20-9-11-26-56(49)66(61(46)51)62(50)52)32-36-47(54)48-37-35-45(39-55(48)63)64(44-33-30-41(31-34-44)40-16-5-3-6-17-40)58-28-15-29-59-60(58)53-21-10-12-27-57(53)65(59)43-18-7-4-8-19-43/h3-39H,1-2H3. The van der Waals surface area contributed by atoms with Gasteiger partial charge in [-0.1, -0.05) is 172 Å². The molecule has 0 radical (unpaired) electrons. The van der Waals surface area contributed by atoms with Crippen LogP contribution in [0.4, 0.5) is 17.1 Å². The zero-order valence-corrected chi connectivity index (χ0v) is 36.7. The molecule has 10 aromatic carbocycles. The van der Waals surface area contributed by atoms with E-state index in [-0.39, 0.29) is 5.41 Å². The zero-order chi connectivity index (χ0) is 43.7. The van der Waals surface area contributed by atoms with Gasteiger partial charge in [-0.25, -0.2) is 0 Å². The van der Waals surface area contributed by atoms with Gasteiger partial charge in [-0.05, 0) is 106 Å². The van der Waals surface area contributed by atoms with E-state index in [1.807, 2.05) is 0 Å². The van der Waals surface area contributed by atoms with Crippen LogP contribution >= 0.6 is 0 Å². The topological polar surface area (TPSA) is 12.6 Å². The molecule has 0 spiro atoms. The second kappa shape index (κ2) is 13.8. The highest BCUT2D eigenvalue weighted by Crippen LogP contribution is 2.53. The normalized spacial score (nSPS) is 13.1. The first kappa shape index (κ1) is 37.0. The van der Waals surface area contributed by atoms with Crippen LogP contribution in [0.1, 0.15) is 25.0 Å². The fraction of sp³-hybridized carbons (Fsp3) is 0.0476. The molecule has 66 heavy (non-hydrogen) atoms. The fourth-order valence-corrected chi connectivity index (χ4v) is 11.6. The number of para-hydroxylation sites is 5. The van der Waals surface area contributed by atoms with E-state index in [0.29, 0.717) is 0 Å². The molecule has 3 nitrogen and oxygen atoms in total. The summed E-state index contributed by atoms with van der Waals surface area (Å²) < 4.78 is 4.93. The Morgan fingerprint density at radius 2 is 0.909 bits per heavy atom. The average molecular weight is 842 g/mol. The zero-order valence-electron chi connectivity index (χ0n) is 36.7. The third-order valence-corrected chi connectivity index (χ3v) is 14.6. The van der Waals surface area contributed by atoms with Gasteiger partial charge >= 0.3 is 0 Å². The van der Waals surface area contributed by atoms with Crippen molar-refractivity contribution >= 4 is 77.0 Å². The quantitative estimate of drug-likeness (QED) is 0.162. The molecule has 0 unspecified atom stereocenters. The van der Waals surface area contributed by atoms with Crippen molar-refractivity contribution in [2.45, 2.75) is 19.3 Å². The van der Waals surface area contributed by atoms with Crippen molar-refractivity contribution in [1.29, 1.82) is 0 Å². The predicted octanol–water partition coefficient (Wildman–Crippen LogP) is 17.0. The predicted molar refractivity (Wildman–Crippen MR) is 279 cm³/mol. The van der Waals surface area contributed by atoms with Crippen LogP contribution in [0, 0.1) is 0 Å². The molecule has 0 aliphatic heterocycles. The molecular weight excluding hydrogens is 799 g/mol. The van der Waals surface area contributed by atoms with E-state index in [2.05, 4.69) is 252 Å². The van der Waals surface area contributed by atoms with Crippen molar-refractivity contribution in [3.05, 3.63) is 236 Å². The van der Waals surface area contributed by atoms with Crippen molar-refractivity contribution < 1.29 is 0 Å². The minimum atomic E-state index is -0.261. The summed E-state index contributed by atoms with van der Waals surface area (Å²) >= 11 is 0. The van der Waals surface area contributed by atoms with Crippen molar-refractivity contribution in [1.82, 2.24) is 8.97 Å². The SMILES string of the molecule is CC1(C)c2cc(-c3cccc4c5cccc6c7ccccc7n(c34)c65)ccc2-c2ccc(N(c3ccc(-c4ccccc4)cc3)c3cccc4c3c3ccccc3n4-c3ccccc3)cc21. The monoisotopic (exact) mass is 841 g/mol. The molecule has 1 aliphatic rings. The third kappa shape index (κ3) is 5.14. The van der Waals surface area contributed by atoms with Crippen LogP contribution in [0.2, 0.25) is 0 Å². The van der Waals surface area contributed by atoms with E-state index in [9.17, 15) is 0 Å². The first-order valence-electron chi connectivity index (χ1n) is 23.0. The number of fused-ring (bicyclic) bond motifs is 12. The van der Waals surface area contributed by atoms with Gasteiger partial charge in [0, 0.05) is 60.4 Å². The highest BCUT2D eigenvalue weighted by Gasteiger charge is 2.37. The molecule has 0 saturated heterocycles. The number of hydrogen-bond acceptors (Lipinski definition) is 1. The summed E-state index contributed by atoms with van der Waals surface area (Å²) in [5, 5.41) is 7.67. The summed E-state index contributed by atoms with van der Waals surface area (Å²) in [5.74, 6) is 0. The number of aromatic nitrogens is 2. The first-order chi connectivity index (χ1) is 32.5. The van der Waals surface area contributed by atoms with Crippen molar-refractivity contribution in [3.63, 3.8) is 0 Å². The molecule has 0 saturated carbocycles. The summed E-state index contributed by atoms with van der Waals surface area (Å²) in [6.07, 6.45) is 0. The van der Waals surface area contributed by atoms with Crippen LogP contribution in [0.3, 0.4) is 0 Å². The Hall–Kier alpha value is -8.40. The second-order valence-electron chi connectivity index (χ2n) is 18.5. The summed E-state index contributed by atoms with van der Waals surface area (Å²) in [4.78, 5) is 2.48. The molecular formula is C63H43N3. The average Bonchev–Trinajstić information content (AvgIpc) is 4.08. The van der Waals surface area contributed by atoms with Crippen LogP contribution in [-0.2, 0) is 5.41 Å². The van der Waals surface area contributed by atoms with Gasteiger partial charge in [0.2, 0.25) is 0 Å². The number of hydrogen-bond donors (Lipinski definition) is 0. The number of benzene rings is 10. The van der Waals surface area contributed by atoms with Crippen molar-refractivity contribution in [2.75, 3.05) is 4.90 Å². The Morgan fingerprint density at radius 1 is 0.364 bits per heavy atom. The molecule has 0 N–H and O–H groups in total. The van der Waals surface area contributed by atoms with Gasteiger partial charge in [0.25, 0.3) is 0 Å². The maximum absolute atomic E-state index is 2.52. The lowest BCUT2D eigenvalue weighted by Gasteiger charge is -2.29. The van der Waals surface area contributed by atoms with E-state index in [1.165, 1.54) is 104 Å². The largest absolute Gasteiger partial charge is 0.310 e. The molecule has 13 aromatic rings. The summed E-state index contributed by atoms with van der Waals surface area (Å²) in [6, 6.07) is 83.0. The number of anilines is 3. The Kier molecular flexibility index (Phi) is 7.74. The van der Waals surface area contributed by atoms with E-state index in [1.54, 1.807) is 0 Å². The molecule has 3 aromatic heterocycles. The molecule has 1 aliphatic carbocycles. The smallest absolute Gasteiger partial charge is 0.0620 e. The molecule has 14 rings (SSSR count). The second-order valence-corrected chi connectivity index (χ2v) is 18.5. The maximum Gasteiger partial charge on any atom is 0.0620 e. The molecule has 310 valence electrons. The molecule has 0 amide bonds. The summed E-state index contributed by atoms with van der Waals surface area (Å²) in [6.45, 7) is 4.82. The van der Waals surface area contributed by atoms with Crippen LogP contribution in [-0.4, -0.2) is 8.97 Å². The maximum atomic E-state index is 2.52. The minimum Gasteiger partial charge on any atom is -0.310 e. The van der Waals surface area contributed by atoms with Crippen LogP contribution < -0.4 is 4.90 Å². The van der Waals surface area contributed by atoms with Gasteiger partial charge in [0.15, 0.2) is 0 Å². The fourth-order valence-electron chi connectivity index (χ4n) is 11.6. The van der Waals surface area contributed by atoms with Gasteiger partial charge in [-0.3, -0.25) is 0 Å². The van der Waals surface area contributed by atoms with Gasteiger partial charge in [-0.15, -0.1) is 0 Å². The molecule has 3 heterocycles. The van der Waals surface area contributed by atoms with Gasteiger partial charge in [-0.2, -0.15) is 0 Å². The number of nitrogens with zero attached hydrogens (tertiary/aromatic N) is 3. The van der Waals surface area contributed by atoms with Crippen LogP contribution in [0.25, 0.3) is 99.0 Å². The lowest BCUT2D eigenvalue weighted by molar-refractivity contribution is 0.660. The Bertz CT molecular complexity index is 4060. The van der Waals surface area contributed by atoms with Gasteiger partial charge in [0.05, 0.1) is 33.3 Å². The van der Waals surface area contributed by atoms with E-state index >= 15 is 0 Å². The lowest BCUT2D eigenvalue weighted by Crippen LogP contribution is -2.17. The Balaban J connectivity index is 0.947. The minimum absolute atomic E-state index is 0.261. The van der Waals surface area contributed by atoms with Crippen molar-refractivity contribution in [3.8, 4) is 39.1 Å². The molecule has 0 atom stereocenters. The number of rotatable bonds is 6. The van der Waals surface area contributed by atoms with Gasteiger partial charge in [0.1, 0.15) is 0 Å². The lowest BCUT2D eigenvalue weighted by atomic mass is 9.81. The highest BCUT2D eigenvalue weighted by molar-refractivity contribution is 6.25. The first-order valence-corrected chi connectivity index (χ1v) is 23.0. The van der Waals surface area contributed by atoms with E-state index in [0.717, 1.165) is 22.7 Å². The van der Waals surface area contributed by atoms with Crippen LogP contribution in [0.15, 0.2) is 224 Å². The summed E-state index contributed by atoms with van der Waals surface area (Å²) in [5.41, 5.74) is 20.7. The van der Waals surface area contributed by atoms with Gasteiger partial charge < -0.3 is 13.9 Å². The third-order valence-electron chi connectivity index (χ3n) is 14.6.